The maximum Gasteiger partial charge on any atom is 0.317 e. The summed E-state index contributed by atoms with van der Waals surface area (Å²) in [6.45, 7) is 5.70. The Bertz CT molecular complexity index is 3010. The van der Waals surface area contributed by atoms with Crippen LogP contribution in [0, 0.1) is 29.6 Å². The summed E-state index contributed by atoms with van der Waals surface area (Å²) >= 11 is 1.99. The molecule has 91 heavy (non-hydrogen) atoms. The molecular weight excluding hydrogens is 1230 g/mol. The van der Waals surface area contributed by atoms with E-state index in [1.54, 1.807) is 34.0 Å². The lowest BCUT2D eigenvalue weighted by atomic mass is 9.79. The summed E-state index contributed by atoms with van der Waals surface area (Å²) < 4.78 is 0. The lowest BCUT2D eigenvalue weighted by molar-refractivity contribution is -0.155. The summed E-state index contributed by atoms with van der Waals surface area (Å²) in [5, 5.41) is 65.3. The van der Waals surface area contributed by atoms with Crippen molar-refractivity contribution in [2.24, 2.45) is 41.1 Å². The molecule has 3 fully saturated rings. The van der Waals surface area contributed by atoms with Crippen LogP contribution in [0.3, 0.4) is 0 Å². The van der Waals surface area contributed by atoms with E-state index >= 15 is 0 Å². The van der Waals surface area contributed by atoms with Crippen LogP contribution in [0.4, 0.5) is 0 Å². The Hall–Kier alpha value is -8.68. The van der Waals surface area contributed by atoms with Gasteiger partial charge in [-0.2, -0.15) is 11.8 Å². The summed E-state index contributed by atoms with van der Waals surface area (Å²) in [5.41, 5.74) is 10.3. The van der Waals surface area contributed by atoms with Gasteiger partial charge in [-0.15, -0.1) is 11.8 Å². The number of rotatable bonds is 17. The topological polar surface area (TPSA) is 492 Å². The van der Waals surface area contributed by atoms with E-state index in [0.29, 0.717) is 42.2 Å². The van der Waals surface area contributed by atoms with Crippen molar-refractivity contribution in [3.8, 4) is 11.5 Å². The average Bonchev–Trinajstić information content (AvgIpc) is 1.62. The minimum absolute atomic E-state index is 0.0173. The van der Waals surface area contributed by atoms with Crippen LogP contribution in [-0.4, -0.2) is 187 Å². The highest BCUT2D eigenvalue weighted by atomic mass is 32.2. The first-order chi connectivity index (χ1) is 42.9. The predicted molar refractivity (Wildman–Crippen MR) is 329 cm³/mol. The maximum atomic E-state index is 15.0. The molecule has 1 saturated heterocycles. The molecular formula is C59H82N12O18S2. The molecule has 11 atom stereocenters. The van der Waals surface area contributed by atoms with Crippen LogP contribution in [0.2, 0.25) is 0 Å². The number of thioether (sulfide) groups is 2. The standard InChI is InChI=1S/C59H82N12O18S2/c1-28(2)18-38-50(79)67-40(21-31-9-14-35(73)15-10-31)54(83)71-59(24-32-6-11-33(59)19-32)58(89)69-42(23-44(60)74)53(82)70-47(29(3)4)55(84)62-25-45(75)63-37(16-17-90-5)49(78)66-39(20-30-7-12-34(72)13-8-30)51(80)68-43(48(61)77)26-91-27-46(76)64-41(52(81)65-38)22-36(56(85)86)57(87)88/h7-10,12-15,28-29,32-33,36-43,47,72-73H,6,11,16-27H2,1-5H3,(H2,60,74)(H2,61,77)(H,62,84)(H,63,75)(H,64,76)(H,65,81)(H,66,78)(H,67,79)(H,68,80)(H,69,89)(H,70,82)(H,71,83)(H,85,86)(H,87,88)/t32?,33?,37-,38-,39-,40-,41-,42-,43-,47-,59-/m0/s1. The minimum Gasteiger partial charge on any atom is -0.508 e. The van der Waals surface area contributed by atoms with Gasteiger partial charge in [0.2, 0.25) is 70.9 Å². The van der Waals surface area contributed by atoms with Crippen molar-refractivity contribution < 1.29 is 87.5 Å². The number of carbonyl (C=O) groups excluding carboxylic acids is 12. The number of aliphatic carboxylic acids is 2. The first kappa shape index (κ1) is 73.1. The lowest BCUT2D eigenvalue weighted by Crippen LogP contribution is -2.67. The third kappa shape index (κ3) is 21.8. The Kier molecular flexibility index (Phi) is 27.3. The van der Waals surface area contributed by atoms with Gasteiger partial charge in [-0.3, -0.25) is 67.1 Å². The van der Waals surface area contributed by atoms with Gasteiger partial charge in [0.1, 0.15) is 65.4 Å². The molecule has 32 heteroatoms. The number of primary amides is 2. The van der Waals surface area contributed by atoms with Crippen molar-refractivity contribution in [2.45, 2.75) is 146 Å². The van der Waals surface area contributed by atoms with Crippen LogP contribution < -0.4 is 64.6 Å². The first-order valence-corrected chi connectivity index (χ1v) is 32.1. The zero-order valence-corrected chi connectivity index (χ0v) is 52.6. The molecule has 5 rings (SSSR count). The SMILES string of the molecule is CSCC[C@@H]1NC(=O)CNC(=O)[C@H](C(C)C)NC(=O)[C@H](CC(N)=O)NC(=O)[C@@]2(CC3CCC2C3)NC(=O)[C@H](Cc2ccc(O)cc2)NC(=O)[C@H](CC(C)C)NC(=O)[C@H](CC(C(=O)O)C(=O)O)NC(=O)CSC[C@@H](C(N)=O)NC(=O)[C@H](Cc2ccc(O)cc2)NC1=O. The molecule has 18 N–H and O–H groups in total. The zero-order valence-electron chi connectivity index (χ0n) is 51.0. The molecule has 0 radical (unpaired) electrons. The van der Waals surface area contributed by atoms with Crippen LogP contribution in [-0.2, 0) is 80.0 Å². The highest BCUT2D eigenvalue weighted by Crippen LogP contribution is 2.51. The number of carbonyl (C=O) groups is 14. The van der Waals surface area contributed by atoms with Gasteiger partial charge in [-0.05, 0) is 110 Å². The normalized spacial score (nSPS) is 26.6. The molecule has 498 valence electrons. The number of carboxylic acid groups (broad SMARTS) is 2. The van der Waals surface area contributed by atoms with Crippen molar-refractivity contribution in [1.82, 2.24) is 53.2 Å². The molecule has 1 spiro atoms. The average molecular weight is 1310 g/mol. The number of amides is 12. The Labute approximate surface area is 532 Å². The van der Waals surface area contributed by atoms with Crippen LogP contribution >= 0.6 is 23.5 Å². The van der Waals surface area contributed by atoms with Crippen LogP contribution in [0.5, 0.6) is 11.5 Å². The van der Waals surface area contributed by atoms with E-state index in [2.05, 4.69) is 53.2 Å². The van der Waals surface area contributed by atoms with E-state index in [0.717, 1.165) is 0 Å². The van der Waals surface area contributed by atoms with E-state index in [1.807, 2.05) is 0 Å². The number of hydrogen-bond donors (Lipinski definition) is 16. The van der Waals surface area contributed by atoms with Gasteiger partial charge in [-0.25, -0.2) is 0 Å². The first-order valence-electron chi connectivity index (χ1n) is 29.6. The van der Waals surface area contributed by atoms with Crippen molar-refractivity contribution >= 4 is 106 Å². The number of phenolic OH excluding ortho intramolecular Hbond substituents is 2. The number of phenols is 2. The Morgan fingerprint density at radius 1 is 0.615 bits per heavy atom. The van der Waals surface area contributed by atoms with E-state index in [1.165, 1.54) is 60.3 Å². The number of nitrogens with one attached hydrogen (secondary N) is 10. The number of nitrogens with two attached hydrogens (primary N) is 2. The van der Waals surface area contributed by atoms with Gasteiger partial charge in [-0.1, -0.05) is 52.0 Å². The van der Waals surface area contributed by atoms with Crippen molar-refractivity contribution in [3.63, 3.8) is 0 Å². The van der Waals surface area contributed by atoms with E-state index in [4.69, 9.17) is 11.5 Å². The molecule has 2 aromatic carbocycles. The molecule has 30 nitrogen and oxygen atoms in total. The molecule has 2 unspecified atom stereocenters. The number of fused-ring (bicyclic) bond motifs is 3. The number of hydrogen-bond acceptors (Lipinski definition) is 18. The number of carboxylic acids is 2. The van der Waals surface area contributed by atoms with E-state index < -0.39 is 191 Å². The third-order valence-electron chi connectivity index (χ3n) is 15.8. The monoisotopic (exact) mass is 1310 g/mol. The number of aromatic hydroxyl groups is 2. The van der Waals surface area contributed by atoms with Gasteiger partial charge in [0.05, 0.1) is 18.7 Å². The second-order valence-corrected chi connectivity index (χ2v) is 25.7. The van der Waals surface area contributed by atoms with Gasteiger partial charge < -0.3 is 85.1 Å². The molecule has 2 aliphatic carbocycles. The van der Waals surface area contributed by atoms with Crippen LogP contribution in [0.1, 0.15) is 90.2 Å². The highest BCUT2D eigenvalue weighted by Gasteiger charge is 2.57. The molecule has 1 heterocycles. The molecule has 12 amide bonds. The van der Waals surface area contributed by atoms with E-state index in [-0.39, 0.29) is 55.3 Å². The highest BCUT2D eigenvalue weighted by molar-refractivity contribution is 8.00. The minimum atomic E-state index is -2.30. The van der Waals surface area contributed by atoms with Crippen molar-refractivity contribution in [1.29, 1.82) is 0 Å². The predicted octanol–water partition coefficient (Wildman–Crippen LogP) is -2.71. The maximum absolute atomic E-state index is 15.0. The summed E-state index contributed by atoms with van der Waals surface area (Å²) in [4.78, 5) is 193. The van der Waals surface area contributed by atoms with Crippen LogP contribution in [0.15, 0.2) is 48.5 Å². The van der Waals surface area contributed by atoms with Crippen LogP contribution in [0.25, 0.3) is 0 Å². The Morgan fingerprint density at radius 3 is 1.63 bits per heavy atom. The summed E-state index contributed by atoms with van der Waals surface area (Å²) in [6, 6.07) is -1.72. The number of benzene rings is 2. The summed E-state index contributed by atoms with van der Waals surface area (Å²) in [5.74, 6) is -20.9. The zero-order chi connectivity index (χ0) is 67.4. The van der Waals surface area contributed by atoms with Gasteiger partial charge >= 0.3 is 11.9 Å². The molecule has 2 aromatic rings. The summed E-state index contributed by atoms with van der Waals surface area (Å²) in [6.07, 6.45) is 0.662. The summed E-state index contributed by atoms with van der Waals surface area (Å²) in [7, 11) is 0. The Morgan fingerprint density at radius 2 is 1.13 bits per heavy atom. The molecule has 3 aliphatic rings. The molecule has 1 aliphatic heterocycles. The molecule has 0 aromatic heterocycles. The smallest absolute Gasteiger partial charge is 0.317 e. The largest absolute Gasteiger partial charge is 0.508 e. The van der Waals surface area contributed by atoms with Crippen molar-refractivity contribution in [3.05, 3.63) is 59.7 Å². The van der Waals surface area contributed by atoms with Crippen molar-refractivity contribution in [2.75, 3.05) is 30.1 Å². The second kappa shape index (κ2) is 33.9. The quantitative estimate of drug-likeness (QED) is 0.0716. The van der Waals surface area contributed by atoms with E-state index in [9.17, 15) is 87.5 Å². The van der Waals surface area contributed by atoms with Gasteiger partial charge in [0.15, 0.2) is 5.92 Å². The fraction of sp³-hybridized carbons (Fsp3) is 0.559. The Balaban J connectivity index is 1.58. The fourth-order valence-electron chi connectivity index (χ4n) is 11.1. The lowest BCUT2D eigenvalue weighted by Gasteiger charge is -2.39. The third-order valence-corrected chi connectivity index (χ3v) is 17.5. The molecule has 2 bridgehead atoms. The van der Waals surface area contributed by atoms with Gasteiger partial charge in [0.25, 0.3) is 0 Å². The molecule has 2 saturated carbocycles. The van der Waals surface area contributed by atoms with Gasteiger partial charge in [0, 0.05) is 25.0 Å². The second-order valence-electron chi connectivity index (χ2n) is 23.7. The fourth-order valence-corrected chi connectivity index (χ4v) is 12.4.